The first-order chi connectivity index (χ1) is 16.9. The first-order valence-electron chi connectivity index (χ1n) is 13.2. The predicted molar refractivity (Wildman–Crippen MR) is 133 cm³/mol. The quantitative estimate of drug-likeness (QED) is 0.406. The minimum absolute atomic E-state index is 0.0863. The van der Waals surface area contributed by atoms with Gasteiger partial charge in [0.1, 0.15) is 5.76 Å². The number of carbonyl (C=O) groups excluding carboxylic acids is 1. The molecule has 1 aromatic rings. The SMILES string of the molecule is CC[C@H]1C[C@@H](NC(=O)c2cc(C3CC3)on2)C[C@@H](C)N1S(=O)(=O)CCCNCCN1CCOCC1. The Balaban J connectivity index is 1.22. The van der Waals surface area contributed by atoms with Crippen molar-refractivity contribution in [1.82, 2.24) is 25.0 Å². The third-order valence-electron chi connectivity index (χ3n) is 7.31. The molecule has 4 rings (SSSR count). The average Bonchev–Trinajstić information content (AvgIpc) is 3.57. The number of carbonyl (C=O) groups is 1. The molecule has 11 heteroatoms. The van der Waals surface area contributed by atoms with Crippen molar-refractivity contribution >= 4 is 15.9 Å². The lowest BCUT2D eigenvalue weighted by molar-refractivity contribution is 0.0384. The van der Waals surface area contributed by atoms with Crippen molar-refractivity contribution in [2.75, 3.05) is 51.7 Å². The first-order valence-corrected chi connectivity index (χ1v) is 14.8. The van der Waals surface area contributed by atoms with Crippen molar-refractivity contribution in [3.63, 3.8) is 0 Å². The van der Waals surface area contributed by atoms with E-state index in [-0.39, 0.29) is 29.8 Å². The first kappa shape index (κ1) is 26.5. The van der Waals surface area contributed by atoms with Gasteiger partial charge in [-0.25, -0.2) is 8.42 Å². The molecular weight excluding hydrogens is 470 g/mol. The highest BCUT2D eigenvalue weighted by molar-refractivity contribution is 7.89. The second-order valence-electron chi connectivity index (χ2n) is 10.1. The van der Waals surface area contributed by atoms with Gasteiger partial charge in [0, 0.05) is 56.3 Å². The maximum absolute atomic E-state index is 13.2. The summed E-state index contributed by atoms with van der Waals surface area (Å²) in [5.41, 5.74) is 0.309. The number of nitrogens with zero attached hydrogens (tertiary/aromatic N) is 3. The molecule has 1 amide bonds. The number of aromatic nitrogens is 1. The number of morpholine rings is 1. The largest absolute Gasteiger partial charge is 0.379 e. The number of hydrogen-bond acceptors (Lipinski definition) is 8. The lowest BCUT2D eigenvalue weighted by Crippen LogP contribution is -2.56. The smallest absolute Gasteiger partial charge is 0.273 e. The Bertz CT molecular complexity index is 928. The number of amides is 1. The Hall–Kier alpha value is -1.53. The van der Waals surface area contributed by atoms with E-state index in [4.69, 9.17) is 9.26 Å². The van der Waals surface area contributed by atoms with E-state index < -0.39 is 10.0 Å². The van der Waals surface area contributed by atoms with Gasteiger partial charge in [-0.3, -0.25) is 9.69 Å². The van der Waals surface area contributed by atoms with Gasteiger partial charge in [0.25, 0.3) is 5.91 Å². The molecule has 2 saturated heterocycles. The molecule has 0 aromatic carbocycles. The zero-order valence-electron chi connectivity index (χ0n) is 21.1. The number of piperidine rings is 1. The minimum atomic E-state index is -3.38. The Kier molecular flexibility index (Phi) is 9.20. The monoisotopic (exact) mass is 511 g/mol. The molecule has 1 aliphatic carbocycles. The fourth-order valence-corrected chi connectivity index (χ4v) is 7.30. The molecule has 1 aromatic heterocycles. The summed E-state index contributed by atoms with van der Waals surface area (Å²) in [6.07, 6.45) is 4.67. The van der Waals surface area contributed by atoms with Crippen LogP contribution in [-0.4, -0.2) is 98.5 Å². The van der Waals surface area contributed by atoms with Crippen molar-refractivity contribution in [3.05, 3.63) is 17.5 Å². The molecule has 0 unspecified atom stereocenters. The van der Waals surface area contributed by atoms with E-state index in [1.165, 1.54) is 0 Å². The number of rotatable bonds is 12. The van der Waals surface area contributed by atoms with Gasteiger partial charge in [-0.15, -0.1) is 0 Å². The van der Waals surface area contributed by atoms with Crippen LogP contribution in [0.15, 0.2) is 10.6 Å². The van der Waals surface area contributed by atoms with Crippen LogP contribution in [-0.2, 0) is 14.8 Å². The van der Waals surface area contributed by atoms with E-state index in [1.54, 1.807) is 10.4 Å². The third kappa shape index (κ3) is 7.25. The van der Waals surface area contributed by atoms with Gasteiger partial charge >= 0.3 is 0 Å². The summed E-state index contributed by atoms with van der Waals surface area (Å²) in [7, 11) is -3.38. The van der Waals surface area contributed by atoms with Crippen LogP contribution in [0.2, 0.25) is 0 Å². The van der Waals surface area contributed by atoms with Crippen LogP contribution in [0.4, 0.5) is 0 Å². The second-order valence-corrected chi connectivity index (χ2v) is 12.1. The lowest BCUT2D eigenvalue weighted by atomic mass is 9.93. The molecule has 0 bridgehead atoms. The van der Waals surface area contributed by atoms with Gasteiger partial charge in [0.05, 0.1) is 19.0 Å². The highest BCUT2D eigenvalue weighted by Gasteiger charge is 2.40. The van der Waals surface area contributed by atoms with Gasteiger partial charge in [0.2, 0.25) is 10.0 Å². The zero-order valence-corrected chi connectivity index (χ0v) is 21.9. The number of ether oxygens (including phenoxy) is 1. The Morgan fingerprint density at radius 2 is 1.97 bits per heavy atom. The van der Waals surface area contributed by atoms with E-state index in [2.05, 4.69) is 20.7 Å². The molecule has 3 atom stereocenters. The summed E-state index contributed by atoms with van der Waals surface area (Å²) in [5, 5.41) is 10.4. The van der Waals surface area contributed by atoms with Gasteiger partial charge in [-0.05, 0) is 52.0 Å². The topological polar surface area (TPSA) is 117 Å². The average molecular weight is 512 g/mol. The van der Waals surface area contributed by atoms with E-state index in [1.807, 2.05) is 13.8 Å². The van der Waals surface area contributed by atoms with E-state index >= 15 is 0 Å². The fraction of sp³-hybridized carbons (Fsp3) is 0.833. The second kappa shape index (κ2) is 12.1. The highest BCUT2D eigenvalue weighted by Crippen LogP contribution is 2.40. The summed E-state index contributed by atoms with van der Waals surface area (Å²) in [5.74, 6) is 1.08. The Morgan fingerprint density at radius 1 is 1.20 bits per heavy atom. The maximum Gasteiger partial charge on any atom is 0.273 e. The molecule has 3 heterocycles. The third-order valence-corrected chi connectivity index (χ3v) is 9.41. The molecule has 3 fully saturated rings. The Labute approximate surface area is 209 Å². The zero-order chi connectivity index (χ0) is 24.8. The van der Waals surface area contributed by atoms with Crippen molar-refractivity contribution < 1.29 is 22.5 Å². The van der Waals surface area contributed by atoms with E-state index in [0.29, 0.717) is 43.8 Å². The van der Waals surface area contributed by atoms with Crippen LogP contribution in [0, 0.1) is 0 Å². The molecule has 1 saturated carbocycles. The van der Waals surface area contributed by atoms with E-state index in [0.717, 1.165) is 58.0 Å². The normalized spacial score (nSPS) is 26.6. The summed E-state index contributed by atoms with van der Waals surface area (Å²) in [6.45, 7) is 9.95. The number of hydrogen-bond donors (Lipinski definition) is 2. The van der Waals surface area contributed by atoms with Crippen LogP contribution in [0.5, 0.6) is 0 Å². The van der Waals surface area contributed by atoms with Crippen LogP contribution in [0.1, 0.15) is 74.5 Å². The fourth-order valence-electron chi connectivity index (χ4n) is 5.26. The maximum atomic E-state index is 13.2. The molecule has 2 aliphatic heterocycles. The van der Waals surface area contributed by atoms with Gasteiger partial charge in [-0.1, -0.05) is 12.1 Å². The van der Waals surface area contributed by atoms with Crippen LogP contribution in [0.3, 0.4) is 0 Å². The number of nitrogens with one attached hydrogen (secondary N) is 2. The minimum Gasteiger partial charge on any atom is -0.379 e. The van der Waals surface area contributed by atoms with Crippen LogP contribution in [0.25, 0.3) is 0 Å². The number of sulfonamides is 1. The van der Waals surface area contributed by atoms with Gasteiger partial charge in [0.15, 0.2) is 5.69 Å². The highest BCUT2D eigenvalue weighted by atomic mass is 32.2. The lowest BCUT2D eigenvalue weighted by Gasteiger charge is -2.42. The molecule has 3 aliphatic rings. The van der Waals surface area contributed by atoms with Crippen molar-refractivity contribution in [3.8, 4) is 0 Å². The van der Waals surface area contributed by atoms with Crippen LogP contribution < -0.4 is 10.6 Å². The van der Waals surface area contributed by atoms with Gasteiger partial charge in [-0.2, -0.15) is 4.31 Å². The van der Waals surface area contributed by atoms with Crippen molar-refractivity contribution in [1.29, 1.82) is 0 Å². The molecule has 10 nitrogen and oxygen atoms in total. The Morgan fingerprint density at radius 3 is 2.69 bits per heavy atom. The molecule has 0 radical (unpaired) electrons. The predicted octanol–water partition coefficient (Wildman–Crippen LogP) is 1.56. The van der Waals surface area contributed by atoms with Crippen molar-refractivity contribution in [2.45, 2.75) is 76.4 Å². The molecule has 0 spiro atoms. The molecule has 2 N–H and O–H groups in total. The summed E-state index contributed by atoms with van der Waals surface area (Å²) in [4.78, 5) is 15.1. The summed E-state index contributed by atoms with van der Waals surface area (Å²) in [6, 6.07) is 1.36. The molecule has 35 heavy (non-hydrogen) atoms. The summed E-state index contributed by atoms with van der Waals surface area (Å²) >= 11 is 0. The van der Waals surface area contributed by atoms with E-state index in [9.17, 15) is 13.2 Å². The summed E-state index contributed by atoms with van der Waals surface area (Å²) < 4.78 is 38.8. The van der Waals surface area contributed by atoms with Gasteiger partial charge < -0.3 is 19.9 Å². The standard InChI is InChI=1S/C24H41N5O5S/c1-3-21-16-20(26-24(30)22-17-23(34-27-22)19-5-6-19)15-18(2)29(21)35(31,32)14-4-7-25-8-9-28-10-12-33-13-11-28/h17-21,25H,3-16H2,1-2H3,(H,26,30)/t18-,20+,21+/m1/s1. The van der Waals surface area contributed by atoms with Crippen molar-refractivity contribution in [2.24, 2.45) is 0 Å². The molecule has 198 valence electrons. The van der Waals surface area contributed by atoms with Crippen LogP contribution >= 0.6 is 0 Å². The molecular formula is C24H41N5O5S.